The van der Waals surface area contributed by atoms with Crippen molar-refractivity contribution in [1.82, 2.24) is 0 Å². The third-order valence-corrected chi connectivity index (χ3v) is 2.73. The maximum absolute atomic E-state index is 13.7. The summed E-state index contributed by atoms with van der Waals surface area (Å²) in [6.07, 6.45) is -0.349. The minimum atomic E-state index is -1.51. The molecule has 0 aliphatic rings. The van der Waals surface area contributed by atoms with Crippen molar-refractivity contribution in [2.45, 2.75) is 26.9 Å². The van der Waals surface area contributed by atoms with Crippen molar-refractivity contribution in [3.63, 3.8) is 0 Å². The van der Waals surface area contributed by atoms with E-state index in [1.54, 1.807) is 6.92 Å². The van der Waals surface area contributed by atoms with Crippen molar-refractivity contribution < 1.29 is 24.0 Å². The molecule has 0 bridgehead atoms. The van der Waals surface area contributed by atoms with E-state index >= 15 is 0 Å². The molecule has 0 aliphatic carbocycles. The number of carboxylic acids is 1. The predicted octanol–water partition coefficient (Wildman–Crippen LogP) is 2.86. The summed E-state index contributed by atoms with van der Waals surface area (Å²) in [5, 5.41) is 19.5. The number of hydrogen-bond donors (Lipinski definition) is 1. The Bertz CT molecular complexity index is 515. The van der Waals surface area contributed by atoms with Crippen LogP contribution in [0.15, 0.2) is 12.1 Å². The van der Waals surface area contributed by atoms with E-state index in [1.807, 2.05) is 13.8 Å². The molecule has 104 valence electrons. The van der Waals surface area contributed by atoms with Gasteiger partial charge in [-0.25, -0.2) is 9.18 Å². The SMILES string of the molecule is CC(C)C(C)Oc1cc(C(=O)O)c([N+](=O)[O-])cc1F. The number of ether oxygens (including phenoxy) is 1. The molecule has 19 heavy (non-hydrogen) atoms. The van der Waals surface area contributed by atoms with E-state index in [-0.39, 0.29) is 17.8 Å². The van der Waals surface area contributed by atoms with Gasteiger partial charge in [0.15, 0.2) is 11.6 Å². The molecular formula is C12H14FNO5. The lowest BCUT2D eigenvalue weighted by Crippen LogP contribution is -2.19. The molecule has 0 spiro atoms. The number of nitro groups is 1. The zero-order chi connectivity index (χ0) is 14.7. The van der Waals surface area contributed by atoms with Gasteiger partial charge >= 0.3 is 5.97 Å². The number of nitro benzene ring substituents is 1. The molecular weight excluding hydrogens is 257 g/mol. The van der Waals surface area contributed by atoms with Gasteiger partial charge in [0.1, 0.15) is 5.56 Å². The summed E-state index contributed by atoms with van der Waals surface area (Å²) in [4.78, 5) is 20.6. The van der Waals surface area contributed by atoms with Crippen molar-refractivity contribution in [2.75, 3.05) is 0 Å². The molecule has 0 aliphatic heterocycles. The highest BCUT2D eigenvalue weighted by molar-refractivity contribution is 5.92. The third kappa shape index (κ3) is 3.40. The number of rotatable bonds is 5. The molecule has 0 saturated carbocycles. The molecule has 1 rings (SSSR count). The molecule has 1 aromatic rings. The summed E-state index contributed by atoms with van der Waals surface area (Å²) in [6.45, 7) is 5.41. The van der Waals surface area contributed by atoms with E-state index in [0.29, 0.717) is 6.07 Å². The number of carbonyl (C=O) groups is 1. The van der Waals surface area contributed by atoms with Crippen LogP contribution in [-0.4, -0.2) is 22.1 Å². The van der Waals surface area contributed by atoms with Crippen molar-refractivity contribution in [3.8, 4) is 5.75 Å². The average Bonchev–Trinajstić information content (AvgIpc) is 2.30. The molecule has 7 heteroatoms. The average molecular weight is 271 g/mol. The van der Waals surface area contributed by atoms with Crippen molar-refractivity contribution >= 4 is 11.7 Å². The number of benzene rings is 1. The van der Waals surface area contributed by atoms with E-state index in [0.717, 1.165) is 6.07 Å². The predicted molar refractivity (Wildman–Crippen MR) is 64.9 cm³/mol. The van der Waals surface area contributed by atoms with Gasteiger partial charge in [0, 0.05) is 6.07 Å². The molecule has 1 atom stereocenters. The van der Waals surface area contributed by atoms with E-state index in [1.165, 1.54) is 0 Å². The van der Waals surface area contributed by atoms with E-state index in [9.17, 15) is 19.3 Å². The van der Waals surface area contributed by atoms with Crippen LogP contribution in [0.2, 0.25) is 0 Å². The Labute approximate surface area is 109 Å². The molecule has 0 saturated heterocycles. The molecule has 0 amide bonds. The molecule has 0 aromatic heterocycles. The van der Waals surface area contributed by atoms with Gasteiger partial charge in [-0.15, -0.1) is 0 Å². The highest BCUT2D eigenvalue weighted by Gasteiger charge is 2.25. The lowest BCUT2D eigenvalue weighted by Gasteiger charge is -2.18. The number of carboxylic acid groups (broad SMARTS) is 1. The second kappa shape index (κ2) is 5.64. The Morgan fingerprint density at radius 2 is 2.00 bits per heavy atom. The number of aromatic carboxylic acids is 1. The zero-order valence-corrected chi connectivity index (χ0v) is 10.7. The monoisotopic (exact) mass is 271 g/mol. The number of halogens is 1. The summed E-state index contributed by atoms with van der Waals surface area (Å²) in [5.74, 6) is -2.68. The smallest absolute Gasteiger partial charge is 0.342 e. The summed E-state index contributed by atoms with van der Waals surface area (Å²) < 4.78 is 18.9. The van der Waals surface area contributed by atoms with Crippen LogP contribution in [-0.2, 0) is 0 Å². The second-order valence-corrected chi connectivity index (χ2v) is 4.43. The first-order chi connectivity index (χ1) is 8.73. The van der Waals surface area contributed by atoms with Crippen LogP contribution in [0.4, 0.5) is 10.1 Å². The van der Waals surface area contributed by atoms with Crippen LogP contribution < -0.4 is 4.74 Å². The maximum atomic E-state index is 13.7. The number of nitrogens with zero attached hydrogens (tertiary/aromatic N) is 1. The van der Waals surface area contributed by atoms with Crippen LogP contribution in [0, 0.1) is 21.8 Å². The topological polar surface area (TPSA) is 89.7 Å². The minimum absolute atomic E-state index is 0.0860. The lowest BCUT2D eigenvalue weighted by molar-refractivity contribution is -0.385. The van der Waals surface area contributed by atoms with Gasteiger partial charge in [-0.2, -0.15) is 0 Å². The third-order valence-electron chi connectivity index (χ3n) is 2.73. The summed E-state index contributed by atoms with van der Waals surface area (Å²) in [5.41, 5.74) is -1.40. The van der Waals surface area contributed by atoms with Gasteiger partial charge in [-0.1, -0.05) is 13.8 Å². The molecule has 1 aromatic carbocycles. The van der Waals surface area contributed by atoms with Crippen LogP contribution >= 0.6 is 0 Å². The first kappa shape index (κ1) is 14.9. The zero-order valence-electron chi connectivity index (χ0n) is 10.7. The van der Waals surface area contributed by atoms with Gasteiger partial charge in [0.05, 0.1) is 17.1 Å². The standard InChI is InChI=1S/C12H14FNO5/c1-6(2)7(3)19-11-4-8(12(15)16)10(14(17)18)5-9(11)13/h4-7H,1-3H3,(H,15,16). The lowest BCUT2D eigenvalue weighted by atomic mass is 10.1. The van der Waals surface area contributed by atoms with E-state index in [4.69, 9.17) is 9.84 Å². The minimum Gasteiger partial charge on any atom is -0.487 e. The Morgan fingerprint density at radius 1 is 1.42 bits per heavy atom. The van der Waals surface area contributed by atoms with Gasteiger partial charge < -0.3 is 9.84 Å². The second-order valence-electron chi connectivity index (χ2n) is 4.43. The van der Waals surface area contributed by atoms with Gasteiger partial charge in [-0.05, 0) is 12.8 Å². The summed E-state index contributed by atoms with van der Waals surface area (Å²) in [7, 11) is 0. The Kier molecular flexibility index (Phi) is 4.42. The van der Waals surface area contributed by atoms with Crippen molar-refractivity contribution in [3.05, 3.63) is 33.6 Å². The molecule has 6 nitrogen and oxygen atoms in total. The van der Waals surface area contributed by atoms with E-state index in [2.05, 4.69) is 0 Å². The van der Waals surface area contributed by atoms with Gasteiger partial charge in [0.2, 0.25) is 0 Å². The van der Waals surface area contributed by atoms with Crippen LogP contribution in [0.3, 0.4) is 0 Å². The van der Waals surface area contributed by atoms with Crippen LogP contribution in [0.5, 0.6) is 5.75 Å². The van der Waals surface area contributed by atoms with Gasteiger partial charge in [-0.3, -0.25) is 10.1 Å². The summed E-state index contributed by atoms with van der Waals surface area (Å²) >= 11 is 0. The highest BCUT2D eigenvalue weighted by Crippen LogP contribution is 2.29. The fraction of sp³-hybridized carbons (Fsp3) is 0.417. The highest BCUT2D eigenvalue weighted by atomic mass is 19.1. The quantitative estimate of drug-likeness (QED) is 0.657. The summed E-state index contributed by atoms with van der Waals surface area (Å²) in [6, 6.07) is 1.40. The molecule has 1 N–H and O–H groups in total. The van der Waals surface area contributed by atoms with Crippen molar-refractivity contribution in [2.24, 2.45) is 5.92 Å². The van der Waals surface area contributed by atoms with Crippen molar-refractivity contribution in [1.29, 1.82) is 0 Å². The Morgan fingerprint density at radius 3 is 2.42 bits per heavy atom. The van der Waals surface area contributed by atoms with E-state index < -0.39 is 28.0 Å². The fourth-order valence-corrected chi connectivity index (χ4v) is 1.29. The van der Waals surface area contributed by atoms with Crippen LogP contribution in [0.1, 0.15) is 31.1 Å². The molecule has 0 radical (unpaired) electrons. The Hall–Kier alpha value is -2.18. The first-order valence-corrected chi connectivity index (χ1v) is 5.62. The molecule has 0 heterocycles. The Balaban J connectivity index is 3.25. The normalized spacial score (nSPS) is 12.3. The van der Waals surface area contributed by atoms with Crippen LogP contribution in [0.25, 0.3) is 0 Å². The molecule has 0 fully saturated rings. The maximum Gasteiger partial charge on any atom is 0.342 e. The molecule has 1 unspecified atom stereocenters. The fourth-order valence-electron chi connectivity index (χ4n) is 1.29. The largest absolute Gasteiger partial charge is 0.487 e. The number of hydrogen-bond acceptors (Lipinski definition) is 4. The van der Waals surface area contributed by atoms with Gasteiger partial charge in [0.25, 0.3) is 5.69 Å². The first-order valence-electron chi connectivity index (χ1n) is 5.62.